The Bertz CT molecular complexity index is 338. The van der Waals surface area contributed by atoms with Gasteiger partial charge in [0.25, 0.3) is 0 Å². The summed E-state index contributed by atoms with van der Waals surface area (Å²) >= 11 is 0. The Hall–Kier alpha value is -1.20. The van der Waals surface area contributed by atoms with Crippen molar-refractivity contribution in [2.75, 3.05) is 14.1 Å². The number of carbonyl (C=O) groups excluding carboxylic acids is 1. The number of carbonyl (C=O) groups is 1. The Morgan fingerprint density at radius 2 is 1.73 bits per heavy atom. The fourth-order valence-electron chi connectivity index (χ4n) is 1.00. The molecule has 0 aromatic heterocycles. The van der Waals surface area contributed by atoms with Gasteiger partial charge in [0.05, 0.1) is 14.1 Å². The Labute approximate surface area is 92.5 Å². The number of hydrogen-bond donors (Lipinski definition) is 2. The summed E-state index contributed by atoms with van der Waals surface area (Å²) in [6.07, 6.45) is 0. The van der Waals surface area contributed by atoms with Crippen molar-refractivity contribution in [2.24, 2.45) is 0 Å². The van der Waals surface area contributed by atoms with Gasteiger partial charge in [-0.05, 0) is 12.1 Å². The van der Waals surface area contributed by atoms with Crippen molar-refractivity contribution in [2.45, 2.75) is 0 Å². The molecule has 0 bridgehead atoms. The summed E-state index contributed by atoms with van der Waals surface area (Å²) in [6.45, 7) is 0. The molecule has 0 heterocycles. The molecule has 0 fully saturated rings. The van der Waals surface area contributed by atoms with Crippen LogP contribution in [0.2, 0.25) is 0 Å². The van der Waals surface area contributed by atoms with Gasteiger partial charge in [0.15, 0.2) is 0 Å². The maximum Gasteiger partial charge on any atom is 0.301 e. The van der Waals surface area contributed by atoms with Gasteiger partial charge in [-0.1, -0.05) is 6.07 Å². The third kappa shape index (κ3) is 3.45. The van der Waals surface area contributed by atoms with Crippen molar-refractivity contribution in [1.29, 1.82) is 0 Å². The van der Waals surface area contributed by atoms with Gasteiger partial charge < -0.3 is 12.4 Å². The highest BCUT2D eigenvalue weighted by Gasteiger charge is 2.18. The molecule has 3 nitrogen and oxygen atoms in total. The molecule has 0 aliphatic carbocycles. The molecule has 84 valence electrons. The lowest BCUT2D eigenvalue weighted by atomic mass is 10.2. The van der Waals surface area contributed by atoms with Gasteiger partial charge in [-0.25, -0.2) is 13.8 Å². The summed E-state index contributed by atoms with van der Waals surface area (Å²) in [5.41, 5.74) is 1.79. The van der Waals surface area contributed by atoms with Crippen LogP contribution < -0.4 is 22.8 Å². The van der Waals surface area contributed by atoms with E-state index < -0.39 is 23.1 Å². The predicted molar refractivity (Wildman–Crippen MR) is 46.6 cm³/mol. The van der Waals surface area contributed by atoms with Crippen molar-refractivity contribution >= 4 is 5.91 Å². The second-order valence-corrected chi connectivity index (χ2v) is 3.05. The van der Waals surface area contributed by atoms with E-state index in [2.05, 4.69) is 5.43 Å². The van der Waals surface area contributed by atoms with Crippen LogP contribution in [-0.4, -0.2) is 20.0 Å². The summed E-state index contributed by atoms with van der Waals surface area (Å²) < 4.78 is 26.1. The zero-order chi connectivity index (χ0) is 10.7. The van der Waals surface area contributed by atoms with Crippen LogP contribution >= 0.6 is 0 Å². The number of quaternary nitrogens is 1. The molecule has 1 amide bonds. The fourth-order valence-corrected chi connectivity index (χ4v) is 1.00. The number of amides is 1. The first-order valence-corrected chi connectivity index (χ1v) is 4.08. The smallest absolute Gasteiger partial charge is 0.301 e. The molecule has 1 aromatic rings. The van der Waals surface area contributed by atoms with E-state index in [0.29, 0.717) is 5.01 Å². The SMILES string of the molecule is C[NH+](C)NC(=O)c1c(F)cccc1F.[Cl-]. The summed E-state index contributed by atoms with van der Waals surface area (Å²) in [4.78, 5) is 11.3. The zero-order valence-electron chi connectivity index (χ0n) is 8.27. The Morgan fingerprint density at radius 3 is 2.13 bits per heavy atom. The third-order valence-electron chi connectivity index (χ3n) is 1.55. The highest BCUT2D eigenvalue weighted by atomic mass is 35.5. The molecule has 0 radical (unpaired) electrons. The molecule has 0 unspecified atom stereocenters. The van der Waals surface area contributed by atoms with Crippen LogP contribution in [0.25, 0.3) is 0 Å². The number of hydrogen-bond acceptors (Lipinski definition) is 1. The molecule has 0 atom stereocenters. The molecule has 1 aromatic carbocycles. The molecule has 2 N–H and O–H groups in total. The molecule has 0 saturated heterocycles. The van der Waals surface area contributed by atoms with Crippen LogP contribution in [-0.2, 0) is 0 Å². The van der Waals surface area contributed by atoms with E-state index in [9.17, 15) is 13.6 Å². The Balaban J connectivity index is 0.00000196. The lowest BCUT2D eigenvalue weighted by molar-refractivity contribution is -0.895. The van der Waals surface area contributed by atoms with Gasteiger partial charge >= 0.3 is 5.91 Å². The normalized spacial score (nSPS) is 9.67. The van der Waals surface area contributed by atoms with Crippen LogP contribution in [0.5, 0.6) is 0 Å². The average Bonchev–Trinajstić information content (AvgIpc) is 2.01. The van der Waals surface area contributed by atoms with E-state index in [4.69, 9.17) is 0 Å². The van der Waals surface area contributed by atoms with Crippen molar-refractivity contribution < 1.29 is 31.0 Å². The fraction of sp³-hybridized carbons (Fsp3) is 0.222. The predicted octanol–water partition coefficient (Wildman–Crippen LogP) is -3.24. The molecule has 0 aliphatic heterocycles. The largest absolute Gasteiger partial charge is 1.00 e. The first-order valence-electron chi connectivity index (χ1n) is 4.08. The molecule has 0 saturated carbocycles. The van der Waals surface area contributed by atoms with Crippen LogP contribution in [0.15, 0.2) is 18.2 Å². The van der Waals surface area contributed by atoms with Crippen molar-refractivity contribution in [3.05, 3.63) is 35.4 Å². The zero-order valence-corrected chi connectivity index (χ0v) is 9.03. The van der Waals surface area contributed by atoms with Crippen molar-refractivity contribution in [3.63, 3.8) is 0 Å². The Kier molecular flexibility index (Phi) is 5.18. The summed E-state index contributed by atoms with van der Waals surface area (Å²) in [5.74, 6) is -2.48. The lowest BCUT2D eigenvalue weighted by Gasteiger charge is -2.09. The van der Waals surface area contributed by atoms with E-state index >= 15 is 0 Å². The van der Waals surface area contributed by atoms with Crippen LogP contribution in [0.4, 0.5) is 8.78 Å². The van der Waals surface area contributed by atoms with E-state index in [0.717, 1.165) is 12.1 Å². The van der Waals surface area contributed by atoms with Crippen molar-refractivity contribution in [3.8, 4) is 0 Å². The van der Waals surface area contributed by atoms with E-state index in [-0.39, 0.29) is 12.4 Å². The highest BCUT2D eigenvalue weighted by Crippen LogP contribution is 2.10. The number of rotatable bonds is 2. The molecule has 1 rings (SSSR count). The van der Waals surface area contributed by atoms with Crippen LogP contribution in [0.3, 0.4) is 0 Å². The highest BCUT2D eigenvalue weighted by molar-refractivity contribution is 5.93. The summed E-state index contributed by atoms with van der Waals surface area (Å²) in [7, 11) is 3.27. The summed E-state index contributed by atoms with van der Waals surface area (Å²) in [5, 5.41) is 0.581. The molecular weight excluding hydrogens is 226 g/mol. The minimum absolute atomic E-state index is 0. The first kappa shape index (κ1) is 13.8. The topological polar surface area (TPSA) is 33.5 Å². The van der Waals surface area contributed by atoms with Gasteiger partial charge in [-0.3, -0.25) is 4.79 Å². The Morgan fingerprint density at radius 1 is 1.27 bits per heavy atom. The summed E-state index contributed by atoms with van der Waals surface area (Å²) in [6, 6.07) is 3.30. The van der Waals surface area contributed by atoms with Gasteiger partial charge in [0.1, 0.15) is 17.2 Å². The minimum atomic E-state index is -0.858. The quantitative estimate of drug-likeness (QED) is 0.520. The second-order valence-electron chi connectivity index (χ2n) is 3.05. The van der Waals surface area contributed by atoms with Gasteiger partial charge in [0, 0.05) is 0 Å². The number of nitrogens with one attached hydrogen (secondary N) is 2. The van der Waals surface area contributed by atoms with Crippen LogP contribution in [0.1, 0.15) is 10.4 Å². The maximum absolute atomic E-state index is 13.0. The number of halogens is 3. The van der Waals surface area contributed by atoms with E-state index in [1.165, 1.54) is 6.07 Å². The number of benzene rings is 1. The van der Waals surface area contributed by atoms with Crippen molar-refractivity contribution in [1.82, 2.24) is 5.43 Å². The lowest BCUT2D eigenvalue weighted by Crippen LogP contribution is -3.13. The van der Waals surface area contributed by atoms with Gasteiger partial charge in [0.2, 0.25) is 0 Å². The second kappa shape index (κ2) is 5.63. The molecule has 6 heteroatoms. The van der Waals surface area contributed by atoms with E-state index in [1.807, 2.05) is 0 Å². The standard InChI is InChI=1S/C9H10F2N2O.ClH/c1-13(2)12-9(14)8-6(10)4-3-5-7(8)11;/h3-5H,1-2H3,(H,12,14);1H. The monoisotopic (exact) mass is 236 g/mol. The third-order valence-corrected chi connectivity index (χ3v) is 1.55. The van der Waals surface area contributed by atoms with Crippen LogP contribution in [0, 0.1) is 11.6 Å². The first-order chi connectivity index (χ1) is 6.52. The minimum Gasteiger partial charge on any atom is -1.00 e. The average molecular weight is 237 g/mol. The van der Waals surface area contributed by atoms with Gasteiger partial charge in [-0.15, -0.1) is 0 Å². The maximum atomic E-state index is 13.0. The molecule has 15 heavy (non-hydrogen) atoms. The van der Waals surface area contributed by atoms with Gasteiger partial charge in [-0.2, -0.15) is 5.43 Å². The molecule has 0 aliphatic rings. The molecular formula is C9H11ClF2N2O. The molecule has 0 spiro atoms. The van der Waals surface area contributed by atoms with E-state index in [1.54, 1.807) is 14.1 Å².